The summed E-state index contributed by atoms with van der Waals surface area (Å²) in [6, 6.07) is 0. The predicted molar refractivity (Wildman–Crippen MR) is 20.3 cm³/mol. The molecule has 1 aliphatic heterocycles. The van der Waals surface area contributed by atoms with E-state index in [0.717, 1.165) is 0 Å². The van der Waals surface area contributed by atoms with Crippen LogP contribution in [0.2, 0.25) is 0 Å². The fraction of sp³-hybridized carbons (Fsp3) is 0. The van der Waals surface area contributed by atoms with Crippen molar-refractivity contribution < 1.29 is 26.9 Å². The van der Waals surface area contributed by atoms with Crippen molar-refractivity contribution in [3.63, 3.8) is 0 Å². The summed E-state index contributed by atoms with van der Waals surface area (Å²) in [5.74, 6) is 0. The maximum absolute atomic E-state index is 7.90. The van der Waals surface area contributed by atoms with E-state index in [1.807, 2.05) is 0 Å². The molecule has 0 radical (unpaired) electrons. The third kappa shape index (κ3) is 1.24. The SMILES string of the molecule is OS1(O)(O)(O)OO1. The van der Waals surface area contributed by atoms with Gasteiger partial charge in [-0.2, -0.15) is 0 Å². The average Bonchev–Trinajstić information content (AvgIpc) is 1.69. The third-order valence-electron chi connectivity index (χ3n) is 0.311. The van der Waals surface area contributed by atoms with Gasteiger partial charge >= 0.3 is 0 Å². The van der Waals surface area contributed by atoms with Crippen molar-refractivity contribution in [2.24, 2.45) is 0 Å². The van der Waals surface area contributed by atoms with Gasteiger partial charge < -0.3 is 0 Å². The monoisotopic (exact) mass is 132 g/mol. The third-order valence-corrected chi connectivity index (χ3v) is 0.934. The van der Waals surface area contributed by atoms with Crippen molar-refractivity contribution in [1.29, 1.82) is 0 Å². The number of hydrogen-bond donors (Lipinski definition) is 4. The van der Waals surface area contributed by atoms with Crippen LogP contribution in [-0.4, -0.2) is 18.2 Å². The Hall–Kier alpha value is 0.110. The summed E-state index contributed by atoms with van der Waals surface area (Å²) in [5.41, 5.74) is 0. The Morgan fingerprint density at radius 3 is 1.00 bits per heavy atom. The first-order valence-electron chi connectivity index (χ1n) is 1.23. The first-order valence-corrected chi connectivity index (χ1v) is 3.36. The van der Waals surface area contributed by atoms with Crippen LogP contribution in [0.5, 0.6) is 0 Å². The normalized spacial score (nSPS) is 49.7. The first kappa shape index (κ1) is 5.25. The first-order chi connectivity index (χ1) is 2.71. The van der Waals surface area contributed by atoms with Crippen molar-refractivity contribution in [3.8, 4) is 0 Å². The molecule has 1 heterocycles. The van der Waals surface area contributed by atoms with Gasteiger partial charge in [-0.1, -0.05) is 8.67 Å². The van der Waals surface area contributed by atoms with Gasteiger partial charge in [-0.25, -0.2) is 0 Å². The lowest BCUT2D eigenvalue weighted by Crippen LogP contribution is -2.15. The molecule has 0 unspecified atom stereocenters. The highest BCUT2D eigenvalue weighted by Gasteiger charge is 2.72. The molecule has 1 fully saturated rings. The molecule has 0 aromatic rings. The van der Waals surface area contributed by atoms with Crippen LogP contribution in [0, 0.1) is 0 Å². The molecule has 1 rings (SSSR count). The van der Waals surface area contributed by atoms with E-state index in [0.29, 0.717) is 0 Å². The van der Waals surface area contributed by atoms with Crippen LogP contribution in [-0.2, 0) is 8.67 Å². The van der Waals surface area contributed by atoms with Gasteiger partial charge in [0.25, 0.3) is 9.98 Å². The second kappa shape index (κ2) is 0.545. The van der Waals surface area contributed by atoms with Gasteiger partial charge in [0.05, 0.1) is 0 Å². The lowest BCUT2D eigenvalue weighted by molar-refractivity contribution is 0.0850. The Kier molecular flexibility index (Phi) is 0.409. The molecule has 0 atom stereocenters. The van der Waals surface area contributed by atoms with Crippen LogP contribution in [0.3, 0.4) is 0 Å². The Morgan fingerprint density at radius 1 is 0.857 bits per heavy atom. The van der Waals surface area contributed by atoms with Crippen molar-refractivity contribution >= 4 is 9.98 Å². The highest BCUT2D eigenvalue weighted by Crippen LogP contribution is 2.91. The highest BCUT2D eigenvalue weighted by atomic mass is 32.4. The van der Waals surface area contributed by atoms with E-state index in [1.165, 1.54) is 0 Å². The van der Waals surface area contributed by atoms with E-state index < -0.39 is 9.98 Å². The fourth-order valence-electron chi connectivity index (χ4n) is 0.0497. The number of rotatable bonds is 0. The molecule has 0 bridgehead atoms. The average molecular weight is 132 g/mol. The Labute approximate surface area is 38.0 Å². The Bertz CT molecular complexity index is 102. The van der Waals surface area contributed by atoms with Crippen LogP contribution < -0.4 is 0 Å². The lowest BCUT2D eigenvalue weighted by atomic mass is 15.0. The van der Waals surface area contributed by atoms with Crippen molar-refractivity contribution in [1.82, 2.24) is 0 Å². The van der Waals surface area contributed by atoms with Crippen LogP contribution in [0.4, 0.5) is 0 Å². The largest absolute Gasteiger partial charge is 0.271 e. The summed E-state index contributed by atoms with van der Waals surface area (Å²) in [5, 5.41) is 0. The second-order valence-electron chi connectivity index (χ2n) is 1.29. The molecule has 6 nitrogen and oxygen atoms in total. The van der Waals surface area contributed by atoms with Crippen molar-refractivity contribution in [3.05, 3.63) is 0 Å². The molecule has 0 aliphatic carbocycles. The smallest absolute Gasteiger partial charge is 0.268 e. The van der Waals surface area contributed by atoms with Gasteiger partial charge in [-0.3, -0.25) is 18.2 Å². The minimum Gasteiger partial charge on any atom is -0.268 e. The molecular formula is H4O6S. The molecule has 1 saturated heterocycles. The quantitative estimate of drug-likeness (QED) is 0.283. The minimum absolute atomic E-state index is 3.11. The summed E-state index contributed by atoms with van der Waals surface area (Å²) in [7, 11) is -6.22. The van der Waals surface area contributed by atoms with E-state index in [2.05, 4.69) is 8.67 Å². The molecular weight excluding hydrogens is 128 g/mol. The zero-order valence-electron chi connectivity index (χ0n) is 3.01. The molecule has 0 spiro atoms. The predicted octanol–water partition coefficient (Wildman–Crippen LogP) is 0.546. The Balaban J connectivity index is 2.98. The molecule has 4 N–H and O–H groups in total. The summed E-state index contributed by atoms with van der Waals surface area (Å²) < 4.78 is 37.8. The van der Waals surface area contributed by atoms with Gasteiger partial charge in [0, 0.05) is 0 Å². The van der Waals surface area contributed by atoms with Crippen LogP contribution in [0.25, 0.3) is 0 Å². The van der Waals surface area contributed by atoms with Gasteiger partial charge in [0.15, 0.2) is 0 Å². The second-order valence-corrected chi connectivity index (χ2v) is 3.87. The van der Waals surface area contributed by atoms with E-state index >= 15 is 0 Å². The standard InChI is InChI=1S/H4O6S/c1-7(2,3,4)5-6-7/h1-4H. The van der Waals surface area contributed by atoms with Gasteiger partial charge in [-0.05, 0) is 0 Å². The minimum atomic E-state index is -6.22. The Morgan fingerprint density at radius 2 is 1.00 bits per heavy atom. The molecule has 1 aliphatic rings. The maximum atomic E-state index is 7.90. The fourth-order valence-corrected chi connectivity index (χ4v) is 0.447. The van der Waals surface area contributed by atoms with Crippen LogP contribution in [0.15, 0.2) is 0 Å². The molecule has 0 aromatic heterocycles. The molecule has 7 heavy (non-hydrogen) atoms. The molecule has 46 valence electrons. The summed E-state index contributed by atoms with van der Waals surface area (Å²) >= 11 is 0. The molecule has 0 amide bonds. The van der Waals surface area contributed by atoms with Crippen LogP contribution in [0.1, 0.15) is 0 Å². The van der Waals surface area contributed by atoms with Crippen molar-refractivity contribution in [2.75, 3.05) is 0 Å². The lowest BCUT2D eigenvalue weighted by Gasteiger charge is -2.31. The van der Waals surface area contributed by atoms with E-state index in [9.17, 15) is 0 Å². The van der Waals surface area contributed by atoms with Gasteiger partial charge in [0.1, 0.15) is 0 Å². The highest BCUT2D eigenvalue weighted by molar-refractivity contribution is 8.43. The van der Waals surface area contributed by atoms with Gasteiger partial charge in [-0.15, -0.1) is 0 Å². The van der Waals surface area contributed by atoms with Gasteiger partial charge in [0.2, 0.25) is 0 Å². The molecule has 0 aromatic carbocycles. The number of hydrogen-bond acceptors (Lipinski definition) is 6. The molecule has 7 heteroatoms. The maximum Gasteiger partial charge on any atom is 0.271 e. The van der Waals surface area contributed by atoms with E-state index in [-0.39, 0.29) is 0 Å². The zero-order valence-corrected chi connectivity index (χ0v) is 3.83. The topological polar surface area (TPSA) is 106 Å². The summed E-state index contributed by atoms with van der Waals surface area (Å²) in [6.45, 7) is 0. The molecule has 0 saturated carbocycles. The van der Waals surface area contributed by atoms with E-state index in [1.54, 1.807) is 0 Å². The van der Waals surface area contributed by atoms with Crippen molar-refractivity contribution in [2.45, 2.75) is 0 Å². The summed E-state index contributed by atoms with van der Waals surface area (Å²) in [6.07, 6.45) is 0. The van der Waals surface area contributed by atoms with Crippen LogP contribution >= 0.6 is 9.98 Å². The van der Waals surface area contributed by atoms with E-state index in [4.69, 9.17) is 18.2 Å². The summed E-state index contributed by atoms with van der Waals surface area (Å²) in [4.78, 5) is 0. The zero-order chi connectivity index (χ0) is 5.82.